The van der Waals surface area contributed by atoms with Crippen LogP contribution in [-0.2, 0) is 11.2 Å². The molecule has 1 heterocycles. The second kappa shape index (κ2) is 7.36. The Morgan fingerprint density at radius 3 is 2.85 bits per heavy atom. The Balaban J connectivity index is 2.12. The number of hydrogen-bond donors (Lipinski definition) is 1. The molecule has 1 aromatic heterocycles. The molecule has 5 nitrogen and oxygen atoms in total. The second-order valence-corrected chi connectivity index (χ2v) is 7.37. The van der Waals surface area contributed by atoms with Crippen molar-refractivity contribution in [1.29, 1.82) is 0 Å². The van der Waals surface area contributed by atoms with E-state index in [4.69, 9.17) is 5.11 Å². The normalized spacial score (nSPS) is 22.3. The smallest absolute Gasteiger partial charge is 0.313 e. The SMILES string of the molecule is CCSC1CCC(n2c(CC)nnc2SCC(=O)O)C1. The number of hydrogen-bond acceptors (Lipinski definition) is 5. The summed E-state index contributed by atoms with van der Waals surface area (Å²) >= 11 is 3.30. The van der Waals surface area contributed by atoms with Crippen molar-refractivity contribution in [2.24, 2.45) is 0 Å². The van der Waals surface area contributed by atoms with Crippen LogP contribution >= 0.6 is 23.5 Å². The summed E-state index contributed by atoms with van der Waals surface area (Å²) in [5, 5.41) is 18.7. The van der Waals surface area contributed by atoms with Gasteiger partial charge in [-0.2, -0.15) is 11.8 Å². The molecule has 1 aliphatic carbocycles. The number of aryl methyl sites for hydroxylation is 1. The van der Waals surface area contributed by atoms with Crippen LogP contribution in [0.3, 0.4) is 0 Å². The van der Waals surface area contributed by atoms with E-state index in [1.807, 2.05) is 11.8 Å². The summed E-state index contributed by atoms with van der Waals surface area (Å²) in [6, 6.07) is 0.431. The number of carbonyl (C=O) groups is 1. The third-order valence-corrected chi connectivity index (χ3v) is 5.66. The van der Waals surface area contributed by atoms with Crippen molar-refractivity contribution in [3.05, 3.63) is 5.82 Å². The van der Waals surface area contributed by atoms with Crippen LogP contribution in [0.15, 0.2) is 5.16 Å². The molecule has 1 N–H and O–H groups in total. The van der Waals surface area contributed by atoms with E-state index in [2.05, 4.69) is 28.6 Å². The Morgan fingerprint density at radius 2 is 2.20 bits per heavy atom. The van der Waals surface area contributed by atoms with Crippen LogP contribution in [0, 0.1) is 0 Å². The van der Waals surface area contributed by atoms with E-state index in [9.17, 15) is 4.79 Å². The first kappa shape index (κ1) is 15.7. The highest BCUT2D eigenvalue weighted by Gasteiger charge is 2.29. The minimum atomic E-state index is -0.812. The number of carboxylic acids is 1. The van der Waals surface area contributed by atoms with E-state index < -0.39 is 5.97 Å². The van der Waals surface area contributed by atoms with Crippen LogP contribution in [0.25, 0.3) is 0 Å². The van der Waals surface area contributed by atoms with E-state index in [1.165, 1.54) is 18.2 Å². The molecule has 1 fully saturated rings. The largest absolute Gasteiger partial charge is 0.481 e. The van der Waals surface area contributed by atoms with Gasteiger partial charge < -0.3 is 9.67 Å². The van der Waals surface area contributed by atoms with E-state index in [1.54, 1.807) is 0 Å². The third-order valence-electron chi connectivity index (χ3n) is 3.50. The van der Waals surface area contributed by atoms with Crippen LogP contribution in [-0.4, -0.2) is 42.6 Å². The van der Waals surface area contributed by atoms with Gasteiger partial charge in [0, 0.05) is 17.7 Å². The molecule has 0 amide bonds. The molecular weight excluding hydrogens is 294 g/mol. The lowest BCUT2D eigenvalue weighted by Gasteiger charge is -2.16. The number of nitrogens with zero attached hydrogens (tertiary/aromatic N) is 3. The molecule has 0 radical (unpaired) electrons. The predicted molar refractivity (Wildman–Crippen MR) is 82.6 cm³/mol. The lowest BCUT2D eigenvalue weighted by molar-refractivity contribution is -0.133. The lowest BCUT2D eigenvalue weighted by Crippen LogP contribution is -2.12. The monoisotopic (exact) mass is 315 g/mol. The van der Waals surface area contributed by atoms with Crippen LogP contribution < -0.4 is 0 Å². The molecule has 1 aromatic rings. The van der Waals surface area contributed by atoms with Gasteiger partial charge >= 0.3 is 5.97 Å². The number of aliphatic carboxylic acids is 1. The van der Waals surface area contributed by atoms with Gasteiger partial charge in [0.2, 0.25) is 0 Å². The average Bonchev–Trinajstić information content (AvgIpc) is 3.02. The van der Waals surface area contributed by atoms with E-state index >= 15 is 0 Å². The highest BCUT2D eigenvalue weighted by atomic mass is 32.2. The fourth-order valence-corrected chi connectivity index (χ4v) is 4.56. The van der Waals surface area contributed by atoms with Crippen molar-refractivity contribution in [2.75, 3.05) is 11.5 Å². The molecule has 20 heavy (non-hydrogen) atoms. The summed E-state index contributed by atoms with van der Waals surface area (Å²) in [6.45, 7) is 4.27. The molecule has 7 heteroatoms. The van der Waals surface area contributed by atoms with Crippen LogP contribution in [0.1, 0.15) is 45.0 Å². The molecule has 112 valence electrons. The van der Waals surface area contributed by atoms with Gasteiger partial charge in [0.25, 0.3) is 0 Å². The first-order valence-electron chi connectivity index (χ1n) is 7.05. The van der Waals surface area contributed by atoms with E-state index in [0.29, 0.717) is 6.04 Å². The fraction of sp³-hybridized carbons (Fsp3) is 0.769. The maximum atomic E-state index is 10.7. The number of thioether (sulfide) groups is 2. The Hall–Kier alpha value is -0.690. The summed E-state index contributed by atoms with van der Waals surface area (Å²) in [5.41, 5.74) is 0. The van der Waals surface area contributed by atoms with Gasteiger partial charge in [-0.15, -0.1) is 10.2 Å². The van der Waals surface area contributed by atoms with Gasteiger partial charge in [-0.3, -0.25) is 4.79 Å². The molecule has 2 rings (SSSR count). The fourth-order valence-electron chi connectivity index (χ4n) is 2.68. The first-order chi connectivity index (χ1) is 9.65. The number of carboxylic acid groups (broad SMARTS) is 1. The Labute approximate surface area is 127 Å². The lowest BCUT2D eigenvalue weighted by atomic mass is 10.2. The second-order valence-electron chi connectivity index (χ2n) is 4.85. The van der Waals surface area contributed by atoms with Crippen molar-refractivity contribution < 1.29 is 9.90 Å². The van der Waals surface area contributed by atoms with Crippen LogP contribution in [0.2, 0.25) is 0 Å². The minimum absolute atomic E-state index is 0.0434. The molecule has 1 saturated carbocycles. The zero-order chi connectivity index (χ0) is 14.5. The number of aromatic nitrogens is 3. The van der Waals surface area contributed by atoms with Crippen molar-refractivity contribution in [1.82, 2.24) is 14.8 Å². The van der Waals surface area contributed by atoms with Gasteiger partial charge in [0.15, 0.2) is 5.16 Å². The minimum Gasteiger partial charge on any atom is -0.481 e. The highest BCUT2D eigenvalue weighted by molar-refractivity contribution is 8.00. The summed E-state index contributed by atoms with van der Waals surface area (Å²) in [5.74, 6) is 1.36. The molecule has 2 atom stereocenters. The van der Waals surface area contributed by atoms with Crippen molar-refractivity contribution >= 4 is 29.5 Å². The summed E-state index contributed by atoms with van der Waals surface area (Å²) in [4.78, 5) is 10.7. The van der Waals surface area contributed by atoms with Gasteiger partial charge in [-0.1, -0.05) is 25.6 Å². The van der Waals surface area contributed by atoms with Crippen LogP contribution in [0.5, 0.6) is 0 Å². The highest BCUT2D eigenvalue weighted by Crippen LogP contribution is 2.39. The molecule has 0 bridgehead atoms. The average molecular weight is 315 g/mol. The van der Waals surface area contributed by atoms with Gasteiger partial charge in [-0.25, -0.2) is 0 Å². The van der Waals surface area contributed by atoms with E-state index in [0.717, 1.165) is 41.2 Å². The molecule has 0 spiro atoms. The number of rotatable bonds is 7. The standard InChI is InChI=1S/C13H21N3O2S2/c1-3-11-14-15-13(20-8-12(17)18)16(11)9-5-6-10(7-9)19-4-2/h9-10H,3-8H2,1-2H3,(H,17,18). The Kier molecular flexibility index (Phi) is 5.77. The zero-order valence-corrected chi connectivity index (χ0v) is 13.5. The zero-order valence-electron chi connectivity index (χ0n) is 11.9. The quantitative estimate of drug-likeness (QED) is 0.780. The maximum Gasteiger partial charge on any atom is 0.313 e. The van der Waals surface area contributed by atoms with Crippen LogP contribution in [0.4, 0.5) is 0 Å². The van der Waals surface area contributed by atoms with Gasteiger partial charge in [0.1, 0.15) is 5.82 Å². The predicted octanol–water partition coefficient (Wildman–Crippen LogP) is 2.86. The van der Waals surface area contributed by atoms with Crippen molar-refractivity contribution in [2.45, 2.75) is 56.0 Å². The molecule has 0 aromatic carbocycles. The van der Waals surface area contributed by atoms with Crippen molar-refractivity contribution in [3.8, 4) is 0 Å². The third kappa shape index (κ3) is 3.69. The van der Waals surface area contributed by atoms with E-state index in [-0.39, 0.29) is 5.75 Å². The first-order valence-corrected chi connectivity index (χ1v) is 9.09. The molecular formula is C13H21N3O2S2. The Morgan fingerprint density at radius 1 is 1.40 bits per heavy atom. The van der Waals surface area contributed by atoms with Crippen molar-refractivity contribution in [3.63, 3.8) is 0 Å². The molecule has 0 aliphatic heterocycles. The Bertz CT molecular complexity index is 464. The molecule has 2 unspecified atom stereocenters. The molecule has 0 saturated heterocycles. The summed E-state index contributed by atoms with van der Waals surface area (Å²) in [6.07, 6.45) is 4.35. The van der Waals surface area contributed by atoms with Gasteiger partial charge in [0.05, 0.1) is 5.75 Å². The topological polar surface area (TPSA) is 68.0 Å². The molecule has 1 aliphatic rings. The maximum absolute atomic E-state index is 10.7. The summed E-state index contributed by atoms with van der Waals surface area (Å²) in [7, 11) is 0. The summed E-state index contributed by atoms with van der Waals surface area (Å²) < 4.78 is 2.18. The van der Waals surface area contributed by atoms with Gasteiger partial charge in [-0.05, 0) is 25.0 Å².